The molecule has 0 saturated heterocycles. The molecule has 2 aliphatic carbocycles. The summed E-state index contributed by atoms with van der Waals surface area (Å²) >= 11 is 3.80. The fourth-order valence-electron chi connectivity index (χ4n) is 4.96. The smallest absolute Gasteiger partial charge is 0.136 e. The third-order valence-corrected chi connectivity index (χ3v) is 7.38. The highest BCUT2D eigenvalue weighted by molar-refractivity contribution is 9.10. The molecule has 0 radical (unpaired) electrons. The normalized spacial score (nSPS) is 17.7. The second-order valence-electron chi connectivity index (χ2n) is 9.18. The van der Waals surface area contributed by atoms with Gasteiger partial charge in [0.25, 0.3) is 0 Å². The van der Waals surface area contributed by atoms with Crippen LogP contribution in [0.1, 0.15) is 25.7 Å². The van der Waals surface area contributed by atoms with Crippen molar-refractivity contribution < 1.29 is 4.42 Å². The summed E-state index contributed by atoms with van der Waals surface area (Å²) in [5, 5.41) is 1.09. The van der Waals surface area contributed by atoms with Crippen LogP contribution >= 0.6 is 15.9 Å². The molecule has 6 rings (SSSR count). The Kier molecular flexibility index (Phi) is 7.02. The summed E-state index contributed by atoms with van der Waals surface area (Å²) < 4.78 is 7.04. The van der Waals surface area contributed by atoms with Crippen molar-refractivity contribution in [3.63, 3.8) is 0 Å². The summed E-state index contributed by atoms with van der Waals surface area (Å²) in [6.45, 7) is 0. The third kappa shape index (κ3) is 4.86. The van der Waals surface area contributed by atoms with Gasteiger partial charge in [0.15, 0.2) is 0 Å². The molecule has 0 bridgehead atoms. The fraction of sp³-hybridized carbons (Fsp3) is 0.118. The first-order valence-corrected chi connectivity index (χ1v) is 13.7. The van der Waals surface area contributed by atoms with Crippen molar-refractivity contribution >= 4 is 44.0 Å². The Bertz CT molecular complexity index is 1650. The fourth-order valence-corrected chi connectivity index (χ4v) is 5.42. The van der Waals surface area contributed by atoms with Gasteiger partial charge in [0.1, 0.15) is 11.8 Å². The highest BCUT2D eigenvalue weighted by Gasteiger charge is 2.23. The monoisotopic (exact) mass is 558 g/mol. The van der Waals surface area contributed by atoms with Crippen LogP contribution in [-0.2, 0) is 0 Å². The standard InChI is InChI=1S/C34H27BrN2O/c35-31-21-11-12-22-32(31)36(26-14-4-1-5-15-26)28-18-8-3-9-19-29(24-28)37(27-16-6-2-7-17-27)33-25-38-34-23-13-10-20-30(33)34/h1,4-6,10-17,19-25H,2,7,9,18H2/b28-24+,29-19+. The first kappa shape index (κ1) is 24.2. The predicted octanol–water partition coefficient (Wildman–Crippen LogP) is 9.64. The van der Waals surface area contributed by atoms with Gasteiger partial charge in [-0.15, -0.1) is 0 Å². The first-order chi connectivity index (χ1) is 18.8. The van der Waals surface area contributed by atoms with Crippen LogP contribution in [0.5, 0.6) is 0 Å². The average Bonchev–Trinajstić information content (AvgIpc) is 3.37. The minimum atomic E-state index is 0.627. The van der Waals surface area contributed by atoms with E-state index in [2.05, 4.69) is 123 Å². The van der Waals surface area contributed by atoms with Crippen molar-refractivity contribution in [1.29, 1.82) is 0 Å². The zero-order chi connectivity index (χ0) is 25.7. The lowest BCUT2D eigenvalue weighted by Gasteiger charge is -2.32. The average molecular weight is 560 g/mol. The molecule has 1 aromatic heterocycles. The summed E-state index contributed by atoms with van der Waals surface area (Å²) in [5.41, 5.74) is 7.38. The Labute approximate surface area is 232 Å². The van der Waals surface area contributed by atoms with E-state index in [9.17, 15) is 0 Å². The third-order valence-electron chi connectivity index (χ3n) is 6.71. The van der Waals surface area contributed by atoms with Crippen molar-refractivity contribution in [3.05, 3.63) is 137 Å². The van der Waals surface area contributed by atoms with E-state index in [0.29, 0.717) is 12.8 Å². The Morgan fingerprint density at radius 2 is 1.55 bits per heavy atom. The number of fused-ring (bicyclic) bond motifs is 1. The van der Waals surface area contributed by atoms with Crippen LogP contribution in [0.3, 0.4) is 0 Å². The van der Waals surface area contributed by atoms with E-state index in [4.69, 9.17) is 4.42 Å². The van der Waals surface area contributed by atoms with Gasteiger partial charge in [0, 0.05) is 45.5 Å². The van der Waals surface area contributed by atoms with Crippen molar-refractivity contribution in [2.75, 3.05) is 9.80 Å². The Morgan fingerprint density at radius 1 is 0.737 bits per heavy atom. The molecular weight excluding hydrogens is 532 g/mol. The number of hydrogen-bond donors (Lipinski definition) is 0. The first-order valence-electron chi connectivity index (χ1n) is 12.9. The van der Waals surface area contributed by atoms with E-state index in [1.165, 1.54) is 0 Å². The van der Waals surface area contributed by atoms with Crippen LogP contribution in [0.4, 0.5) is 17.1 Å². The molecule has 0 spiro atoms. The maximum absolute atomic E-state index is 6.01. The van der Waals surface area contributed by atoms with Crippen LogP contribution in [0.25, 0.3) is 11.0 Å². The van der Waals surface area contributed by atoms with Gasteiger partial charge in [-0.3, -0.25) is 0 Å². The van der Waals surface area contributed by atoms with E-state index in [0.717, 1.165) is 62.4 Å². The molecule has 2 aliphatic rings. The molecule has 0 atom stereocenters. The van der Waals surface area contributed by atoms with Crippen molar-refractivity contribution in [3.8, 4) is 11.8 Å². The lowest BCUT2D eigenvalue weighted by molar-refractivity contribution is 0.615. The number of para-hydroxylation sites is 3. The van der Waals surface area contributed by atoms with Crippen molar-refractivity contribution in [2.24, 2.45) is 0 Å². The molecule has 3 nitrogen and oxygen atoms in total. The van der Waals surface area contributed by atoms with Gasteiger partial charge in [-0.1, -0.05) is 66.5 Å². The van der Waals surface area contributed by atoms with Crippen molar-refractivity contribution in [1.82, 2.24) is 0 Å². The number of allylic oxidation sites excluding steroid dienone is 6. The Hall–Kier alpha value is -4.20. The van der Waals surface area contributed by atoms with Crippen LogP contribution in [0, 0.1) is 11.8 Å². The molecule has 0 saturated carbocycles. The van der Waals surface area contributed by atoms with E-state index < -0.39 is 0 Å². The molecule has 186 valence electrons. The maximum Gasteiger partial charge on any atom is 0.136 e. The summed E-state index contributed by atoms with van der Waals surface area (Å²) in [7, 11) is 0. The molecule has 0 fully saturated rings. The summed E-state index contributed by atoms with van der Waals surface area (Å²) in [4.78, 5) is 4.62. The van der Waals surface area contributed by atoms with Crippen LogP contribution in [-0.4, -0.2) is 0 Å². The number of anilines is 3. The molecule has 4 heteroatoms. The number of hydrogen-bond acceptors (Lipinski definition) is 3. The molecule has 3 aromatic carbocycles. The van der Waals surface area contributed by atoms with Crippen LogP contribution < -0.4 is 9.80 Å². The van der Waals surface area contributed by atoms with E-state index in [1.807, 2.05) is 30.5 Å². The van der Waals surface area contributed by atoms with E-state index >= 15 is 0 Å². The van der Waals surface area contributed by atoms with Gasteiger partial charge in [-0.2, -0.15) is 0 Å². The molecule has 1 heterocycles. The van der Waals surface area contributed by atoms with Gasteiger partial charge in [-0.25, -0.2) is 0 Å². The Balaban J connectivity index is 1.54. The molecule has 0 unspecified atom stereocenters. The molecule has 0 aliphatic heterocycles. The summed E-state index contributed by atoms with van der Waals surface area (Å²) in [6, 6.07) is 27.0. The SMILES string of the molecule is Brc1ccccc1N(/C1=C/C(N(C2=CCCC=C2)c2coc3ccccc23)=C\CC#CC1)c1ccccc1. The molecular formula is C34H27BrN2O. The highest BCUT2D eigenvalue weighted by atomic mass is 79.9. The number of furan rings is 1. The number of nitrogens with zero attached hydrogens (tertiary/aromatic N) is 2. The van der Waals surface area contributed by atoms with Gasteiger partial charge in [-0.05, 0) is 83.4 Å². The zero-order valence-corrected chi connectivity index (χ0v) is 22.6. The summed E-state index contributed by atoms with van der Waals surface area (Å²) in [6.07, 6.45) is 16.5. The lowest BCUT2D eigenvalue weighted by atomic mass is 10.1. The largest absolute Gasteiger partial charge is 0.462 e. The second-order valence-corrected chi connectivity index (χ2v) is 10.0. The topological polar surface area (TPSA) is 19.6 Å². The van der Waals surface area contributed by atoms with E-state index in [1.54, 1.807) is 0 Å². The predicted molar refractivity (Wildman–Crippen MR) is 161 cm³/mol. The summed E-state index contributed by atoms with van der Waals surface area (Å²) in [5.74, 6) is 6.76. The zero-order valence-electron chi connectivity index (χ0n) is 21.0. The van der Waals surface area contributed by atoms with E-state index in [-0.39, 0.29) is 0 Å². The lowest BCUT2D eigenvalue weighted by Crippen LogP contribution is -2.23. The minimum absolute atomic E-state index is 0.627. The molecule has 0 N–H and O–H groups in total. The van der Waals surface area contributed by atoms with Gasteiger partial charge in [0.2, 0.25) is 0 Å². The maximum atomic E-state index is 6.01. The number of rotatable bonds is 6. The molecule has 4 aromatic rings. The number of benzene rings is 3. The van der Waals surface area contributed by atoms with Crippen LogP contribution in [0.15, 0.2) is 141 Å². The van der Waals surface area contributed by atoms with Crippen LogP contribution in [0.2, 0.25) is 0 Å². The Morgan fingerprint density at radius 3 is 2.39 bits per heavy atom. The van der Waals surface area contributed by atoms with Gasteiger partial charge >= 0.3 is 0 Å². The minimum Gasteiger partial charge on any atom is -0.462 e. The molecule has 38 heavy (non-hydrogen) atoms. The van der Waals surface area contributed by atoms with Gasteiger partial charge < -0.3 is 14.2 Å². The highest BCUT2D eigenvalue weighted by Crippen LogP contribution is 2.39. The van der Waals surface area contributed by atoms with Crippen molar-refractivity contribution in [2.45, 2.75) is 25.7 Å². The number of halogens is 1. The molecule has 0 amide bonds. The van der Waals surface area contributed by atoms with Gasteiger partial charge in [0.05, 0.1) is 11.4 Å². The quantitative estimate of drug-likeness (QED) is 0.219. The second kappa shape index (κ2) is 11.0.